The Bertz CT molecular complexity index is 1390. The van der Waals surface area contributed by atoms with Crippen LogP contribution in [0.1, 0.15) is 60.8 Å². The molecule has 0 aliphatic heterocycles. The van der Waals surface area contributed by atoms with E-state index in [4.69, 9.17) is 4.74 Å². The van der Waals surface area contributed by atoms with Crippen molar-refractivity contribution in [2.75, 3.05) is 7.11 Å². The molecule has 5 rings (SSSR count). The average Bonchev–Trinajstić information content (AvgIpc) is 3.59. The van der Waals surface area contributed by atoms with Crippen LogP contribution in [0.25, 0.3) is 22.0 Å². The molecule has 4 heteroatoms. The van der Waals surface area contributed by atoms with E-state index < -0.39 is 5.97 Å². The van der Waals surface area contributed by atoms with Gasteiger partial charge in [-0.3, -0.25) is 0 Å². The van der Waals surface area contributed by atoms with E-state index in [1.54, 1.807) is 7.11 Å². The Kier molecular flexibility index (Phi) is 5.92. The second-order valence-corrected chi connectivity index (χ2v) is 10.8. The number of carbonyl (C=O) groups is 1. The Morgan fingerprint density at radius 3 is 2.37 bits per heavy atom. The summed E-state index contributed by atoms with van der Waals surface area (Å²) >= 11 is 0. The van der Waals surface area contributed by atoms with Gasteiger partial charge in [-0.15, -0.1) is 0 Å². The summed E-state index contributed by atoms with van der Waals surface area (Å²) in [6.45, 7) is 7.02. The Labute approximate surface area is 207 Å². The van der Waals surface area contributed by atoms with Crippen molar-refractivity contribution in [3.8, 4) is 16.9 Å². The molecule has 1 N–H and O–H groups in total. The number of carboxylic acid groups (broad SMARTS) is 1. The lowest BCUT2D eigenvalue weighted by Gasteiger charge is -2.19. The monoisotopic (exact) mass is 467 g/mol. The molecule has 1 aliphatic carbocycles. The van der Waals surface area contributed by atoms with Gasteiger partial charge in [-0.2, -0.15) is 0 Å². The van der Waals surface area contributed by atoms with Crippen LogP contribution in [0.3, 0.4) is 0 Å². The quantitative estimate of drug-likeness (QED) is 0.310. The number of ether oxygens (including phenoxy) is 1. The zero-order chi connectivity index (χ0) is 24.7. The van der Waals surface area contributed by atoms with E-state index in [2.05, 4.69) is 63.2 Å². The van der Waals surface area contributed by atoms with Crippen LogP contribution in [0.2, 0.25) is 0 Å². The van der Waals surface area contributed by atoms with Crippen LogP contribution in [0, 0.1) is 5.92 Å². The Morgan fingerprint density at radius 1 is 1.00 bits per heavy atom. The molecule has 1 saturated carbocycles. The van der Waals surface area contributed by atoms with Crippen LogP contribution in [-0.2, 0) is 18.4 Å². The number of fused-ring (bicyclic) bond motifs is 1. The summed E-state index contributed by atoms with van der Waals surface area (Å²) in [6, 6.07) is 22.7. The third-order valence-corrected chi connectivity index (χ3v) is 7.07. The highest BCUT2D eigenvalue weighted by atomic mass is 16.5. The van der Waals surface area contributed by atoms with E-state index in [9.17, 15) is 9.90 Å². The van der Waals surface area contributed by atoms with Gasteiger partial charge in [0.05, 0.1) is 7.11 Å². The lowest BCUT2D eigenvalue weighted by atomic mass is 9.86. The molecule has 0 spiro atoms. The van der Waals surface area contributed by atoms with Crippen molar-refractivity contribution < 1.29 is 14.6 Å². The molecular weight excluding hydrogens is 434 g/mol. The predicted octanol–water partition coefficient (Wildman–Crippen LogP) is 7.31. The number of benzene rings is 3. The molecule has 1 aromatic heterocycles. The fraction of sp³-hybridized carbons (Fsp3) is 0.323. The van der Waals surface area contributed by atoms with Crippen LogP contribution >= 0.6 is 0 Å². The number of hydrogen-bond donors (Lipinski definition) is 1. The van der Waals surface area contributed by atoms with Crippen molar-refractivity contribution in [1.29, 1.82) is 0 Å². The predicted molar refractivity (Wildman–Crippen MR) is 142 cm³/mol. The second kappa shape index (κ2) is 8.92. The van der Waals surface area contributed by atoms with Crippen molar-refractivity contribution in [3.63, 3.8) is 0 Å². The fourth-order valence-corrected chi connectivity index (χ4v) is 4.95. The fourth-order valence-electron chi connectivity index (χ4n) is 4.95. The number of hydrogen-bond acceptors (Lipinski definition) is 2. The zero-order valence-electron chi connectivity index (χ0n) is 21.0. The standard InChI is InChI=1S/C31H33NO3/c1-31(2,3)24-13-11-23(12-14-24)28-26-18-21(16-20-8-9-20)10-15-27(26)32(29(28)30(33)34)19-22-6-5-7-25(17-22)35-4/h5-7,10-15,17-18,20H,8-9,16,19H2,1-4H3,(H,33,34). The maximum Gasteiger partial charge on any atom is 0.353 e. The summed E-state index contributed by atoms with van der Waals surface area (Å²) in [7, 11) is 1.65. The lowest BCUT2D eigenvalue weighted by molar-refractivity contribution is 0.0687. The van der Waals surface area contributed by atoms with Gasteiger partial charge >= 0.3 is 5.97 Å². The second-order valence-electron chi connectivity index (χ2n) is 10.8. The number of carboxylic acids is 1. The Hall–Kier alpha value is -3.53. The van der Waals surface area contributed by atoms with Crippen molar-refractivity contribution in [1.82, 2.24) is 4.57 Å². The number of rotatable bonds is 7. The van der Waals surface area contributed by atoms with E-state index in [1.807, 2.05) is 28.8 Å². The molecule has 1 heterocycles. The van der Waals surface area contributed by atoms with E-state index >= 15 is 0 Å². The molecule has 0 saturated heterocycles. The van der Waals surface area contributed by atoms with Crippen molar-refractivity contribution >= 4 is 16.9 Å². The average molecular weight is 468 g/mol. The highest BCUT2D eigenvalue weighted by Gasteiger charge is 2.26. The summed E-state index contributed by atoms with van der Waals surface area (Å²) in [4.78, 5) is 12.8. The highest BCUT2D eigenvalue weighted by Crippen LogP contribution is 2.39. The highest BCUT2D eigenvalue weighted by molar-refractivity contribution is 6.08. The minimum Gasteiger partial charge on any atom is -0.497 e. The Balaban J connectivity index is 1.71. The van der Waals surface area contributed by atoms with Gasteiger partial charge in [0.15, 0.2) is 0 Å². The first-order chi connectivity index (χ1) is 16.7. The van der Waals surface area contributed by atoms with Gasteiger partial charge in [0, 0.05) is 23.0 Å². The third kappa shape index (κ3) is 4.70. The summed E-state index contributed by atoms with van der Waals surface area (Å²) in [5.74, 6) is 0.614. The number of aromatic nitrogens is 1. The van der Waals surface area contributed by atoms with Gasteiger partial charge in [-0.25, -0.2) is 4.79 Å². The molecule has 0 atom stereocenters. The van der Waals surface area contributed by atoms with E-state index in [1.165, 1.54) is 24.0 Å². The number of methoxy groups -OCH3 is 1. The molecule has 1 aliphatic rings. The summed E-state index contributed by atoms with van der Waals surface area (Å²) in [5.41, 5.74) is 6.55. The maximum atomic E-state index is 12.8. The first-order valence-corrected chi connectivity index (χ1v) is 12.4. The van der Waals surface area contributed by atoms with Gasteiger partial charge in [0.25, 0.3) is 0 Å². The molecule has 4 aromatic rings. The summed E-state index contributed by atoms with van der Waals surface area (Å²) < 4.78 is 7.35. The molecule has 35 heavy (non-hydrogen) atoms. The van der Waals surface area contributed by atoms with Crippen molar-refractivity contribution in [2.24, 2.45) is 5.92 Å². The van der Waals surface area contributed by atoms with E-state index in [0.29, 0.717) is 12.2 Å². The van der Waals surface area contributed by atoms with Gasteiger partial charge in [-0.05, 0) is 77.1 Å². The first-order valence-electron chi connectivity index (χ1n) is 12.4. The summed E-state index contributed by atoms with van der Waals surface area (Å²) in [5, 5.41) is 11.5. The molecule has 0 bridgehead atoms. The number of nitrogens with zero attached hydrogens (tertiary/aromatic N) is 1. The van der Waals surface area contributed by atoms with E-state index in [-0.39, 0.29) is 5.41 Å². The number of aromatic carboxylic acids is 1. The third-order valence-electron chi connectivity index (χ3n) is 7.07. The SMILES string of the molecule is COc1cccc(Cn2c(C(=O)O)c(-c3ccc(C(C)(C)C)cc3)c3cc(CC4CC4)ccc32)c1. The van der Waals surface area contributed by atoms with Crippen molar-refractivity contribution in [2.45, 2.75) is 52.0 Å². The molecule has 0 amide bonds. The zero-order valence-corrected chi connectivity index (χ0v) is 21.0. The van der Waals surface area contributed by atoms with E-state index in [0.717, 1.165) is 45.7 Å². The molecule has 4 nitrogen and oxygen atoms in total. The van der Waals surface area contributed by atoms with Crippen LogP contribution in [0.5, 0.6) is 5.75 Å². The van der Waals surface area contributed by atoms with Crippen LogP contribution in [0.4, 0.5) is 0 Å². The topological polar surface area (TPSA) is 51.5 Å². The minimum absolute atomic E-state index is 0.0337. The minimum atomic E-state index is -0.914. The molecule has 180 valence electrons. The molecule has 3 aromatic carbocycles. The van der Waals surface area contributed by atoms with Gasteiger partial charge in [-0.1, -0.05) is 63.2 Å². The molecule has 1 fully saturated rings. The smallest absolute Gasteiger partial charge is 0.353 e. The van der Waals surface area contributed by atoms with Crippen molar-refractivity contribution in [3.05, 3.63) is 89.1 Å². The largest absolute Gasteiger partial charge is 0.497 e. The Morgan fingerprint density at radius 2 is 1.74 bits per heavy atom. The van der Waals surface area contributed by atoms with Gasteiger partial charge in [0.2, 0.25) is 0 Å². The molecule has 0 unspecified atom stereocenters. The van der Waals surface area contributed by atoms with Gasteiger partial charge < -0.3 is 14.4 Å². The molecule has 0 radical (unpaired) electrons. The lowest BCUT2D eigenvalue weighted by Crippen LogP contribution is -2.11. The maximum absolute atomic E-state index is 12.8. The first kappa shape index (κ1) is 23.2. The summed E-state index contributed by atoms with van der Waals surface area (Å²) in [6.07, 6.45) is 3.63. The van der Waals surface area contributed by atoms with Gasteiger partial charge in [0.1, 0.15) is 11.4 Å². The van der Waals surface area contributed by atoms with Crippen LogP contribution in [-0.4, -0.2) is 22.8 Å². The molecular formula is C31H33NO3. The normalized spacial score (nSPS) is 13.8. The van der Waals surface area contributed by atoms with Crippen LogP contribution < -0.4 is 4.74 Å². The van der Waals surface area contributed by atoms with Crippen LogP contribution in [0.15, 0.2) is 66.7 Å².